The summed E-state index contributed by atoms with van der Waals surface area (Å²) in [7, 11) is 0. The number of aryl methyl sites for hydroxylation is 1. The molecule has 3 aromatic heterocycles. The van der Waals surface area contributed by atoms with Gasteiger partial charge in [0.05, 0.1) is 11.4 Å². The van der Waals surface area contributed by atoms with Crippen molar-refractivity contribution in [3.63, 3.8) is 0 Å². The van der Waals surface area contributed by atoms with E-state index < -0.39 is 0 Å². The summed E-state index contributed by atoms with van der Waals surface area (Å²) in [4.78, 5) is 13.2. The quantitative estimate of drug-likeness (QED) is 0.601. The zero-order valence-corrected chi connectivity index (χ0v) is 13.3. The fraction of sp³-hybridized carbons (Fsp3) is 0.0500. The third kappa shape index (κ3) is 2.48. The molecule has 0 atom stereocenters. The van der Waals surface area contributed by atoms with Gasteiger partial charge in [-0.3, -0.25) is 9.97 Å². The van der Waals surface area contributed by atoms with Crippen LogP contribution in [0.25, 0.3) is 33.3 Å². The number of hydrogen-bond acceptors (Lipinski definition) is 4. The van der Waals surface area contributed by atoms with E-state index in [4.69, 9.17) is 5.73 Å². The maximum absolute atomic E-state index is 6.09. The summed E-state index contributed by atoms with van der Waals surface area (Å²) in [6.07, 6.45) is 5.37. The first-order valence-electron chi connectivity index (χ1n) is 7.75. The average molecular weight is 312 g/mol. The van der Waals surface area contributed by atoms with E-state index in [1.54, 1.807) is 12.4 Å². The van der Waals surface area contributed by atoms with Crippen LogP contribution in [0.5, 0.6) is 0 Å². The Morgan fingerprint density at radius 3 is 2.54 bits per heavy atom. The van der Waals surface area contributed by atoms with Crippen molar-refractivity contribution < 1.29 is 0 Å². The van der Waals surface area contributed by atoms with Gasteiger partial charge in [-0.05, 0) is 36.1 Å². The summed E-state index contributed by atoms with van der Waals surface area (Å²) in [6, 6.07) is 16.2. The maximum atomic E-state index is 6.09. The van der Waals surface area contributed by atoms with Crippen LogP contribution in [-0.2, 0) is 0 Å². The van der Waals surface area contributed by atoms with Gasteiger partial charge in [-0.1, -0.05) is 30.3 Å². The predicted octanol–water partition coefficient (Wildman–Crippen LogP) is 4.25. The Kier molecular flexibility index (Phi) is 3.43. The molecule has 0 fully saturated rings. The number of fused-ring (bicyclic) bond motifs is 1. The zero-order chi connectivity index (χ0) is 16.5. The van der Waals surface area contributed by atoms with E-state index in [-0.39, 0.29) is 0 Å². The molecule has 4 rings (SSSR count). The second-order valence-electron chi connectivity index (χ2n) is 5.74. The zero-order valence-electron chi connectivity index (χ0n) is 13.3. The van der Waals surface area contributed by atoms with Crippen molar-refractivity contribution in [2.24, 2.45) is 0 Å². The van der Waals surface area contributed by atoms with Gasteiger partial charge in [-0.2, -0.15) is 0 Å². The minimum atomic E-state index is 0.488. The smallest absolute Gasteiger partial charge is 0.133 e. The predicted molar refractivity (Wildman–Crippen MR) is 97.4 cm³/mol. The fourth-order valence-corrected chi connectivity index (χ4v) is 2.84. The van der Waals surface area contributed by atoms with Crippen LogP contribution >= 0.6 is 0 Å². The largest absolute Gasteiger partial charge is 0.383 e. The molecular formula is C20H16N4. The van der Waals surface area contributed by atoms with Crippen LogP contribution in [0.15, 0.2) is 67.1 Å². The summed E-state index contributed by atoms with van der Waals surface area (Å²) in [5.41, 5.74) is 11.1. The number of nitrogens with zero attached hydrogens (tertiary/aromatic N) is 3. The van der Waals surface area contributed by atoms with E-state index in [1.807, 2.05) is 36.5 Å². The van der Waals surface area contributed by atoms with Gasteiger partial charge in [0.25, 0.3) is 0 Å². The molecule has 0 radical (unpaired) electrons. The maximum Gasteiger partial charge on any atom is 0.133 e. The Labute approximate surface area is 140 Å². The highest BCUT2D eigenvalue weighted by atomic mass is 14.9. The van der Waals surface area contributed by atoms with Crippen molar-refractivity contribution in [1.82, 2.24) is 15.0 Å². The van der Waals surface area contributed by atoms with E-state index in [0.29, 0.717) is 5.82 Å². The summed E-state index contributed by atoms with van der Waals surface area (Å²) < 4.78 is 0. The van der Waals surface area contributed by atoms with Crippen LogP contribution < -0.4 is 5.73 Å². The first-order valence-corrected chi connectivity index (χ1v) is 7.75. The molecule has 0 saturated carbocycles. The second-order valence-corrected chi connectivity index (χ2v) is 5.74. The Morgan fingerprint density at radius 1 is 0.917 bits per heavy atom. The van der Waals surface area contributed by atoms with Gasteiger partial charge in [-0.25, -0.2) is 4.98 Å². The summed E-state index contributed by atoms with van der Waals surface area (Å²) in [6.45, 7) is 2.07. The first kappa shape index (κ1) is 14.3. The Balaban J connectivity index is 1.83. The standard InChI is InChI=1S/C20H16N4/c1-13-9-18(14-5-3-2-4-6-14)23-12-16(13)19-10-15-7-8-22-11-17(15)20(21)24-19/h2-12H,1H3,(H2,21,24). The van der Waals surface area contributed by atoms with Gasteiger partial charge in [0.15, 0.2) is 0 Å². The number of anilines is 1. The molecule has 0 aliphatic heterocycles. The van der Waals surface area contributed by atoms with Crippen LogP contribution in [0.3, 0.4) is 0 Å². The summed E-state index contributed by atoms with van der Waals surface area (Å²) >= 11 is 0. The molecule has 4 aromatic rings. The topological polar surface area (TPSA) is 64.7 Å². The lowest BCUT2D eigenvalue weighted by atomic mass is 10.0. The molecule has 0 unspecified atom stereocenters. The minimum Gasteiger partial charge on any atom is -0.383 e. The highest BCUT2D eigenvalue weighted by molar-refractivity contribution is 5.93. The molecule has 4 heteroatoms. The third-order valence-corrected chi connectivity index (χ3v) is 4.12. The SMILES string of the molecule is Cc1cc(-c2ccccc2)ncc1-c1cc2ccncc2c(N)n1. The lowest BCUT2D eigenvalue weighted by molar-refractivity contribution is 1.25. The number of benzene rings is 1. The van der Waals surface area contributed by atoms with Crippen molar-refractivity contribution >= 4 is 16.6 Å². The molecule has 1 aromatic carbocycles. The van der Waals surface area contributed by atoms with Gasteiger partial charge < -0.3 is 5.73 Å². The fourth-order valence-electron chi connectivity index (χ4n) is 2.84. The monoisotopic (exact) mass is 312 g/mol. The molecule has 3 heterocycles. The van der Waals surface area contributed by atoms with Crippen molar-refractivity contribution in [1.29, 1.82) is 0 Å². The van der Waals surface area contributed by atoms with Gasteiger partial charge in [0, 0.05) is 35.1 Å². The van der Waals surface area contributed by atoms with Crippen LogP contribution in [0, 0.1) is 6.92 Å². The van der Waals surface area contributed by atoms with Crippen molar-refractivity contribution in [2.75, 3.05) is 5.73 Å². The van der Waals surface area contributed by atoms with E-state index in [0.717, 1.165) is 38.9 Å². The van der Waals surface area contributed by atoms with Crippen LogP contribution in [0.4, 0.5) is 5.82 Å². The van der Waals surface area contributed by atoms with Gasteiger partial charge >= 0.3 is 0 Å². The van der Waals surface area contributed by atoms with Gasteiger partial charge in [0.2, 0.25) is 0 Å². The number of nitrogen functional groups attached to an aromatic ring is 1. The molecule has 0 aliphatic carbocycles. The average Bonchev–Trinajstić information content (AvgIpc) is 2.62. The third-order valence-electron chi connectivity index (χ3n) is 4.12. The Bertz CT molecular complexity index is 1030. The Hall–Kier alpha value is -3.27. The molecule has 116 valence electrons. The number of aromatic nitrogens is 3. The molecule has 0 aliphatic rings. The molecular weight excluding hydrogens is 296 g/mol. The minimum absolute atomic E-state index is 0.488. The molecule has 0 bridgehead atoms. The first-order chi connectivity index (χ1) is 11.7. The van der Waals surface area contributed by atoms with Crippen molar-refractivity contribution in [2.45, 2.75) is 6.92 Å². The van der Waals surface area contributed by atoms with Crippen molar-refractivity contribution in [3.05, 3.63) is 72.7 Å². The summed E-state index contributed by atoms with van der Waals surface area (Å²) in [5.74, 6) is 0.488. The highest BCUT2D eigenvalue weighted by Crippen LogP contribution is 2.29. The molecule has 24 heavy (non-hydrogen) atoms. The van der Waals surface area contributed by atoms with E-state index in [2.05, 4.69) is 40.1 Å². The lowest BCUT2D eigenvalue weighted by Crippen LogP contribution is -1.97. The molecule has 0 amide bonds. The molecule has 2 N–H and O–H groups in total. The van der Waals surface area contributed by atoms with E-state index in [9.17, 15) is 0 Å². The molecule has 4 nitrogen and oxygen atoms in total. The van der Waals surface area contributed by atoms with Gasteiger partial charge in [-0.15, -0.1) is 0 Å². The number of rotatable bonds is 2. The van der Waals surface area contributed by atoms with E-state index in [1.165, 1.54) is 0 Å². The molecule has 0 saturated heterocycles. The second kappa shape index (κ2) is 5.74. The number of nitrogens with two attached hydrogens (primary N) is 1. The highest BCUT2D eigenvalue weighted by Gasteiger charge is 2.10. The van der Waals surface area contributed by atoms with Crippen molar-refractivity contribution in [3.8, 4) is 22.5 Å². The van der Waals surface area contributed by atoms with Crippen LogP contribution in [0.1, 0.15) is 5.56 Å². The number of hydrogen-bond donors (Lipinski definition) is 1. The Morgan fingerprint density at radius 2 is 1.75 bits per heavy atom. The van der Waals surface area contributed by atoms with Crippen LogP contribution in [0.2, 0.25) is 0 Å². The summed E-state index contributed by atoms with van der Waals surface area (Å²) in [5, 5.41) is 1.90. The normalized spacial score (nSPS) is 10.9. The molecule has 0 spiro atoms. The van der Waals surface area contributed by atoms with Gasteiger partial charge in [0.1, 0.15) is 5.82 Å². The lowest BCUT2D eigenvalue weighted by Gasteiger charge is -2.10. The van der Waals surface area contributed by atoms with Crippen LogP contribution in [-0.4, -0.2) is 15.0 Å². The number of pyridine rings is 3. The van der Waals surface area contributed by atoms with E-state index >= 15 is 0 Å².